The van der Waals surface area contributed by atoms with Gasteiger partial charge in [0, 0.05) is 30.3 Å². The number of ether oxygens (including phenoxy) is 8. The average molecular weight is 1190 g/mol. The molecule has 1 N–H and O–H groups in total. The molecular formula is C69H74N7O10P. The Hall–Kier alpha value is -8.43. The topological polar surface area (TPSA) is 175 Å². The first kappa shape index (κ1) is 61.7. The van der Waals surface area contributed by atoms with Gasteiger partial charge in [0.15, 0.2) is 17.0 Å². The summed E-state index contributed by atoms with van der Waals surface area (Å²) in [6.07, 6.45) is 2.32. The standard InChI is InChI=1S/C69H74N7O10P/c1-47(2)76(48(3)4)87(84-38-14-37-70)86-62-42-64(85-63(62)44-81-43-51-15-12-20-61(49-21-29-56(77-5)30-22-49)65(51)50-23-31-57(78-6)32-24-50)75-46-73-66-67(71-45-72-68(66)75)74-55-18-13-19-60(41-55)82-39-40-83-69(52-16-10-9-11-17-52,53-25-33-58(79-7)34-26-53)54-27-35-59(80-8)36-28-54/h9-13,15-36,41,45-48,62-64H,14,38-40,42-44H2,1-8H3,(H,71,72,74)/t62-,63+,64+,87?/m0/s1. The minimum Gasteiger partial charge on any atom is -0.497 e. The highest BCUT2D eigenvalue weighted by atomic mass is 31.2. The van der Waals surface area contributed by atoms with Gasteiger partial charge in [0.1, 0.15) is 59.6 Å². The molecule has 4 atom stereocenters. The Morgan fingerprint density at radius 2 is 1.28 bits per heavy atom. The van der Waals surface area contributed by atoms with Gasteiger partial charge >= 0.3 is 0 Å². The maximum absolute atomic E-state index is 9.53. The summed E-state index contributed by atoms with van der Waals surface area (Å²) in [5.41, 5.74) is 8.80. The lowest BCUT2D eigenvalue weighted by Gasteiger charge is -2.37. The van der Waals surface area contributed by atoms with E-state index >= 15 is 0 Å². The predicted molar refractivity (Wildman–Crippen MR) is 337 cm³/mol. The minimum absolute atomic E-state index is 0.0866. The fourth-order valence-electron chi connectivity index (χ4n) is 11.0. The summed E-state index contributed by atoms with van der Waals surface area (Å²) in [5, 5.41) is 13.0. The van der Waals surface area contributed by atoms with Crippen molar-refractivity contribution in [1.82, 2.24) is 24.2 Å². The minimum atomic E-state index is -1.63. The van der Waals surface area contributed by atoms with Gasteiger partial charge in [0.2, 0.25) is 0 Å². The van der Waals surface area contributed by atoms with E-state index in [1.807, 2.05) is 120 Å². The number of aromatic nitrogens is 4. The summed E-state index contributed by atoms with van der Waals surface area (Å²) in [6.45, 7) is 9.66. The third-order valence-electron chi connectivity index (χ3n) is 15.1. The van der Waals surface area contributed by atoms with Gasteiger partial charge in [-0.3, -0.25) is 4.57 Å². The molecule has 1 saturated heterocycles. The van der Waals surface area contributed by atoms with E-state index in [2.05, 4.69) is 103 Å². The molecule has 1 aliphatic rings. The lowest BCUT2D eigenvalue weighted by molar-refractivity contribution is -0.0625. The maximum Gasteiger partial charge on any atom is 0.259 e. The molecule has 1 aliphatic heterocycles. The fourth-order valence-corrected chi connectivity index (χ4v) is 12.8. The SMILES string of the molecule is COc1ccc(-c2cccc(COC[C@H]3O[C@@H](n4cnc5c(Nc6cccc(OCCOC(c7ccccc7)(c7ccc(OC)cc7)c7ccc(OC)cc7)c6)ncnc54)C[C@@H]3OP(OCCC#N)N(C(C)C)C(C)C)c2-c2ccc(OC)cc2)cc1. The molecule has 2 aromatic heterocycles. The first-order valence-corrected chi connectivity index (χ1v) is 30.2. The molecule has 17 nitrogen and oxygen atoms in total. The van der Waals surface area contributed by atoms with Gasteiger partial charge in [0.05, 0.1) is 79.8 Å². The van der Waals surface area contributed by atoms with E-state index in [-0.39, 0.29) is 51.5 Å². The maximum atomic E-state index is 9.53. The summed E-state index contributed by atoms with van der Waals surface area (Å²) in [6, 6.07) is 58.6. The summed E-state index contributed by atoms with van der Waals surface area (Å²) in [7, 11) is 5.01. The van der Waals surface area contributed by atoms with E-state index in [1.54, 1.807) is 34.8 Å². The van der Waals surface area contributed by atoms with Crippen LogP contribution < -0.4 is 29.0 Å². The highest BCUT2D eigenvalue weighted by Crippen LogP contribution is 2.51. The van der Waals surface area contributed by atoms with Crippen molar-refractivity contribution in [1.29, 1.82) is 5.26 Å². The zero-order chi connectivity index (χ0) is 60.7. The van der Waals surface area contributed by atoms with Crippen LogP contribution in [-0.2, 0) is 35.5 Å². The van der Waals surface area contributed by atoms with Crippen LogP contribution in [0.3, 0.4) is 0 Å². The number of hydrogen-bond acceptors (Lipinski definition) is 16. The number of fused-ring (bicyclic) bond motifs is 1. The number of hydrogen-bond donors (Lipinski definition) is 1. The molecule has 0 radical (unpaired) electrons. The quantitative estimate of drug-likeness (QED) is 0.0266. The largest absolute Gasteiger partial charge is 0.497 e. The van der Waals surface area contributed by atoms with E-state index in [1.165, 1.54) is 6.33 Å². The van der Waals surface area contributed by atoms with Crippen LogP contribution in [0.15, 0.2) is 183 Å². The second kappa shape index (κ2) is 29.3. The first-order chi connectivity index (χ1) is 42.5. The molecule has 450 valence electrons. The number of nitriles is 1. The number of nitrogens with zero attached hydrogens (tertiary/aromatic N) is 6. The molecule has 3 heterocycles. The summed E-state index contributed by atoms with van der Waals surface area (Å²) in [5.74, 6) is 4.16. The second-order valence-electron chi connectivity index (χ2n) is 21.3. The first-order valence-electron chi connectivity index (χ1n) is 29.1. The van der Waals surface area contributed by atoms with Crippen molar-refractivity contribution < 1.29 is 46.9 Å². The van der Waals surface area contributed by atoms with Crippen molar-refractivity contribution in [3.05, 3.63) is 205 Å². The predicted octanol–water partition coefficient (Wildman–Crippen LogP) is 14.5. The molecule has 87 heavy (non-hydrogen) atoms. The molecule has 1 unspecified atom stereocenters. The number of anilines is 2. The normalized spacial score (nSPS) is 15.4. The van der Waals surface area contributed by atoms with Crippen molar-refractivity contribution in [3.63, 3.8) is 0 Å². The summed E-state index contributed by atoms with van der Waals surface area (Å²) < 4.78 is 67.0. The molecule has 0 aliphatic carbocycles. The van der Waals surface area contributed by atoms with E-state index in [9.17, 15) is 5.26 Å². The van der Waals surface area contributed by atoms with Gasteiger partial charge in [-0.15, -0.1) is 0 Å². The Morgan fingerprint density at radius 1 is 0.667 bits per heavy atom. The van der Waals surface area contributed by atoms with Gasteiger partial charge < -0.3 is 52.3 Å². The molecule has 10 rings (SSSR count). The molecule has 0 bridgehead atoms. The monoisotopic (exact) mass is 1190 g/mol. The highest BCUT2D eigenvalue weighted by molar-refractivity contribution is 7.44. The Balaban J connectivity index is 0.879. The van der Waals surface area contributed by atoms with Crippen LogP contribution in [0, 0.1) is 11.3 Å². The Bertz CT molecular complexity index is 3620. The molecule has 18 heteroatoms. The molecule has 9 aromatic rings. The Morgan fingerprint density at radius 3 is 1.90 bits per heavy atom. The molecule has 1 fully saturated rings. The van der Waals surface area contributed by atoms with Crippen LogP contribution in [-0.4, -0.2) is 103 Å². The molecule has 0 spiro atoms. The van der Waals surface area contributed by atoms with E-state index in [0.717, 1.165) is 73.2 Å². The van der Waals surface area contributed by atoms with Gasteiger partial charge in [-0.25, -0.2) is 19.6 Å². The van der Waals surface area contributed by atoms with Gasteiger partial charge in [0.25, 0.3) is 8.53 Å². The number of imidazole rings is 1. The average Bonchev–Trinajstić information content (AvgIpc) is 1.96. The van der Waals surface area contributed by atoms with Crippen molar-refractivity contribution in [2.24, 2.45) is 0 Å². The van der Waals surface area contributed by atoms with Crippen LogP contribution in [0.25, 0.3) is 33.4 Å². The van der Waals surface area contributed by atoms with Crippen LogP contribution in [0.1, 0.15) is 69.0 Å². The third kappa shape index (κ3) is 14.4. The lowest BCUT2D eigenvalue weighted by atomic mass is 9.80. The fraction of sp³-hybridized carbons (Fsp3) is 0.304. The zero-order valence-electron chi connectivity index (χ0n) is 50.4. The Kier molecular flexibility index (Phi) is 20.8. The van der Waals surface area contributed by atoms with Crippen molar-refractivity contribution in [3.8, 4) is 57.1 Å². The molecule has 7 aromatic carbocycles. The van der Waals surface area contributed by atoms with Gasteiger partial charge in [-0.2, -0.15) is 5.26 Å². The van der Waals surface area contributed by atoms with Crippen LogP contribution >= 0.6 is 8.53 Å². The summed E-state index contributed by atoms with van der Waals surface area (Å²) >= 11 is 0. The van der Waals surface area contributed by atoms with E-state index < -0.39 is 32.6 Å². The van der Waals surface area contributed by atoms with E-state index in [4.69, 9.17) is 56.9 Å². The number of methoxy groups -OCH3 is 4. The molecule has 0 saturated carbocycles. The number of rotatable bonds is 29. The second-order valence-corrected chi connectivity index (χ2v) is 22.7. The van der Waals surface area contributed by atoms with Crippen LogP contribution in [0.2, 0.25) is 0 Å². The van der Waals surface area contributed by atoms with Crippen molar-refractivity contribution in [2.75, 3.05) is 60.2 Å². The van der Waals surface area contributed by atoms with Crippen molar-refractivity contribution in [2.45, 2.75) is 83.3 Å². The van der Waals surface area contributed by atoms with Crippen LogP contribution in [0.4, 0.5) is 11.5 Å². The van der Waals surface area contributed by atoms with Gasteiger partial charge in [-0.05, 0) is 133 Å². The summed E-state index contributed by atoms with van der Waals surface area (Å²) in [4.78, 5) is 14.3. The molecular weight excluding hydrogens is 1120 g/mol. The van der Waals surface area contributed by atoms with E-state index in [0.29, 0.717) is 29.2 Å². The highest BCUT2D eigenvalue weighted by Gasteiger charge is 2.42. The van der Waals surface area contributed by atoms with Gasteiger partial charge in [-0.1, -0.05) is 103 Å². The smallest absolute Gasteiger partial charge is 0.259 e. The number of benzene rings is 7. The Labute approximate surface area is 510 Å². The third-order valence-corrected chi connectivity index (χ3v) is 17.3. The number of nitrogens with one attached hydrogen (secondary N) is 1. The lowest BCUT2D eigenvalue weighted by Crippen LogP contribution is -2.36. The van der Waals surface area contributed by atoms with Crippen molar-refractivity contribution >= 4 is 31.2 Å². The molecule has 0 amide bonds. The zero-order valence-corrected chi connectivity index (χ0v) is 51.3. The van der Waals surface area contributed by atoms with Crippen LogP contribution in [0.5, 0.6) is 28.7 Å².